The Hall–Kier alpha value is -3.43. The number of fused-ring (bicyclic) bond motifs is 1. The fraction of sp³-hybridized carbons (Fsp3) is 0.400. The number of ether oxygens (including phenoxy) is 1. The molecule has 0 aliphatic rings. The first kappa shape index (κ1) is 28.6. The Labute approximate surface area is 231 Å². The summed E-state index contributed by atoms with van der Waals surface area (Å²) in [5, 5.41) is 14.4. The summed E-state index contributed by atoms with van der Waals surface area (Å²) in [5.41, 5.74) is 0.608. The molecule has 0 unspecified atom stereocenters. The minimum Gasteiger partial charge on any atom is -0.455 e. The number of benzene rings is 1. The Morgan fingerprint density at radius 3 is 2.31 bits per heavy atom. The van der Waals surface area contributed by atoms with Crippen LogP contribution in [-0.4, -0.2) is 32.2 Å². The number of thiophene rings is 1. The summed E-state index contributed by atoms with van der Waals surface area (Å²) >= 11 is 1.45. The van der Waals surface area contributed by atoms with Crippen LogP contribution in [-0.2, 0) is 12.5 Å². The summed E-state index contributed by atoms with van der Waals surface area (Å²) in [6.45, 7) is 14.8. The first-order valence-electron chi connectivity index (χ1n) is 12.9. The molecule has 0 radical (unpaired) electrons. The number of aromatic nitrogens is 2. The van der Waals surface area contributed by atoms with Crippen molar-refractivity contribution in [1.29, 1.82) is 0 Å². The van der Waals surface area contributed by atoms with Crippen LogP contribution in [0.15, 0.2) is 35.3 Å². The number of rotatable bonds is 7. The normalized spacial score (nSPS) is 12.4. The van der Waals surface area contributed by atoms with Gasteiger partial charge in [-0.05, 0) is 76.9 Å². The smallest absolute Gasteiger partial charge is 0.274 e. The quantitative estimate of drug-likeness (QED) is 0.249. The third-order valence-corrected chi connectivity index (χ3v) is 8.83. The highest BCUT2D eigenvalue weighted by molar-refractivity contribution is 7.16. The van der Waals surface area contributed by atoms with Gasteiger partial charge in [-0.1, -0.05) is 13.8 Å². The molecule has 3 heterocycles. The lowest BCUT2D eigenvalue weighted by molar-refractivity contribution is 0.0112. The number of hydrogen-bond acceptors (Lipinski definition) is 5. The number of nitrogens with one attached hydrogen (secondary N) is 2. The largest absolute Gasteiger partial charge is 0.455 e. The molecule has 39 heavy (non-hydrogen) atoms. The molecule has 0 aliphatic heterocycles. The lowest BCUT2D eigenvalue weighted by Crippen LogP contribution is -2.41. The SMILES string of the molecule is Cc1cc(F)cc(C)c1Oc1cc(C(C)(C)C(C)(C)O)sc1-c1cn(C)c(=O)c2[nH]c(C(=O)NC(C)C)cc12. The van der Waals surface area contributed by atoms with Crippen LogP contribution in [0.4, 0.5) is 4.39 Å². The summed E-state index contributed by atoms with van der Waals surface area (Å²) in [6, 6.07) is 6.36. The maximum atomic E-state index is 14.0. The highest BCUT2D eigenvalue weighted by Gasteiger charge is 2.39. The number of nitrogens with zero attached hydrogens (tertiary/aromatic N) is 1. The van der Waals surface area contributed by atoms with E-state index in [1.54, 1.807) is 47.0 Å². The van der Waals surface area contributed by atoms with Crippen LogP contribution in [0, 0.1) is 19.7 Å². The maximum absolute atomic E-state index is 14.0. The second-order valence-electron chi connectivity index (χ2n) is 11.5. The van der Waals surface area contributed by atoms with Crippen LogP contribution in [0.2, 0.25) is 0 Å². The number of halogens is 1. The molecule has 4 rings (SSSR count). The van der Waals surface area contributed by atoms with E-state index in [0.717, 1.165) is 9.75 Å². The molecular weight excluding hydrogens is 517 g/mol. The maximum Gasteiger partial charge on any atom is 0.274 e. The molecule has 0 bridgehead atoms. The van der Waals surface area contributed by atoms with Gasteiger partial charge in [0.25, 0.3) is 11.5 Å². The summed E-state index contributed by atoms with van der Waals surface area (Å²) < 4.78 is 22.0. The first-order valence-corrected chi connectivity index (χ1v) is 13.7. The van der Waals surface area contributed by atoms with E-state index in [9.17, 15) is 19.1 Å². The predicted molar refractivity (Wildman–Crippen MR) is 155 cm³/mol. The van der Waals surface area contributed by atoms with E-state index in [0.29, 0.717) is 39.1 Å². The highest BCUT2D eigenvalue weighted by atomic mass is 32.1. The Kier molecular flexibility index (Phi) is 7.29. The molecule has 0 saturated heterocycles. The van der Waals surface area contributed by atoms with Gasteiger partial charge in [-0.3, -0.25) is 9.59 Å². The molecule has 0 aliphatic carbocycles. The van der Waals surface area contributed by atoms with Crippen molar-refractivity contribution >= 4 is 28.1 Å². The van der Waals surface area contributed by atoms with E-state index >= 15 is 0 Å². The van der Waals surface area contributed by atoms with Gasteiger partial charge >= 0.3 is 0 Å². The van der Waals surface area contributed by atoms with E-state index < -0.39 is 11.0 Å². The first-order chi connectivity index (χ1) is 18.0. The fourth-order valence-corrected chi connectivity index (χ4v) is 5.76. The number of amides is 1. The number of aliphatic hydroxyl groups is 1. The number of aryl methyl sites for hydroxylation is 3. The summed E-state index contributed by atoms with van der Waals surface area (Å²) in [7, 11) is 1.66. The van der Waals surface area contributed by atoms with Gasteiger partial charge in [-0.15, -0.1) is 11.3 Å². The zero-order valence-electron chi connectivity index (χ0n) is 23.9. The minimum absolute atomic E-state index is 0.0719. The molecule has 0 saturated carbocycles. The molecule has 0 fully saturated rings. The lowest BCUT2D eigenvalue weighted by Gasteiger charge is -2.36. The number of carbonyl (C=O) groups excluding carboxylic acids is 1. The number of pyridine rings is 1. The molecule has 4 aromatic rings. The standard InChI is InChI=1S/C30H36FN3O4S/c1-15(2)32-27(35)21-12-19-20(14-34(9)28(36)24(19)33-21)26-22(13-23(39-26)29(5,6)30(7,8)37)38-25-16(3)10-18(31)11-17(25)4/h10-15,33,37H,1-9H3,(H,32,35). The molecule has 3 N–H and O–H groups in total. The third-order valence-electron chi connectivity index (χ3n) is 7.35. The van der Waals surface area contributed by atoms with E-state index in [-0.39, 0.29) is 29.0 Å². The van der Waals surface area contributed by atoms with Gasteiger partial charge in [0.1, 0.15) is 28.5 Å². The van der Waals surface area contributed by atoms with Crippen molar-refractivity contribution in [3.8, 4) is 21.9 Å². The number of hydrogen-bond donors (Lipinski definition) is 3. The van der Waals surface area contributed by atoms with Gasteiger partial charge in [0.15, 0.2) is 0 Å². The van der Waals surface area contributed by atoms with Gasteiger partial charge in [0.2, 0.25) is 0 Å². The van der Waals surface area contributed by atoms with E-state index in [4.69, 9.17) is 4.74 Å². The van der Waals surface area contributed by atoms with E-state index in [1.807, 2.05) is 33.8 Å². The zero-order chi connectivity index (χ0) is 29.0. The Morgan fingerprint density at radius 2 is 1.74 bits per heavy atom. The van der Waals surface area contributed by atoms with Gasteiger partial charge in [0.05, 0.1) is 10.5 Å². The van der Waals surface area contributed by atoms with Crippen LogP contribution in [0.3, 0.4) is 0 Å². The molecule has 0 spiro atoms. The van der Waals surface area contributed by atoms with Crippen LogP contribution in [0.1, 0.15) is 68.0 Å². The molecule has 1 aromatic carbocycles. The molecule has 9 heteroatoms. The van der Waals surface area contributed by atoms with Crippen LogP contribution in [0.25, 0.3) is 21.3 Å². The topological polar surface area (TPSA) is 96.3 Å². The Balaban J connectivity index is 2.00. The Morgan fingerprint density at radius 1 is 1.13 bits per heavy atom. The van der Waals surface area contributed by atoms with Gasteiger partial charge in [-0.2, -0.15) is 0 Å². The number of H-pyrrole nitrogens is 1. The molecule has 208 valence electrons. The van der Waals surface area contributed by atoms with Crippen LogP contribution >= 0.6 is 11.3 Å². The van der Waals surface area contributed by atoms with Crippen molar-refractivity contribution in [3.05, 3.63) is 68.3 Å². The van der Waals surface area contributed by atoms with E-state index in [1.165, 1.54) is 28.0 Å². The van der Waals surface area contributed by atoms with Crippen molar-refractivity contribution in [2.75, 3.05) is 0 Å². The average molecular weight is 554 g/mol. The molecule has 7 nitrogen and oxygen atoms in total. The number of aromatic amines is 1. The summed E-state index contributed by atoms with van der Waals surface area (Å²) in [6.07, 6.45) is 1.73. The summed E-state index contributed by atoms with van der Waals surface area (Å²) in [5.74, 6) is 0.402. The van der Waals surface area contributed by atoms with Crippen molar-refractivity contribution in [2.45, 2.75) is 72.4 Å². The van der Waals surface area contributed by atoms with Gasteiger partial charge in [-0.25, -0.2) is 4.39 Å². The van der Waals surface area contributed by atoms with Crippen molar-refractivity contribution in [1.82, 2.24) is 14.9 Å². The summed E-state index contributed by atoms with van der Waals surface area (Å²) in [4.78, 5) is 30.5. The lowest BCUT2D eigenvalue weighted by atomic mass is 9.76. The third kappa shape index (κ3) is 5.25. The molecule has 3 aromatic heterocycles. The van der Waals surface area contributed by atoms with Gasteiger partial charge in [0, 0.05) is 40.5 Å². The zero-order valence-corrected chi connectivity index (χ0v) is 24.7. The van der Waals surface area contributed by atoms with E-state index in [2.05, 4.69) is 10.3 Å². The van der Waals surface area contributed by atoms with Gasteiger partial charge < -0.3 is 24.7 Å². The fourth-order valence-electron chi connectivity index (χ4n) is 4.39. The van der Waals surface area contributed by atoms with Crippen molar-refractivity contribution in [3.63, 3.8) is 0 Å². The Bertz CT molecular complexity index is 1610. The molecule has 1 amide bonds. The number of carbonyl (C=O) groups is 1. The minimum atomic E-state index is -1.05. The molecular formula is C30H36FN3O4S. The van der Waals surface area contributed by atoms with Crippen molar-refractivity contribution in [2.24, 2.45) is 7.05 Å². The average Bonchev–Trinajstić information content (AvgIpc) is 3.43. The van der Waals surface area contributed by atoms with Crippen LogP contribution < -0.4 is 15.6 Å². The highest BCUT2D eigenvalue weighted by Crippen LogP contribution is 2.49. The second kappa shape index (κ2) is 9.95. The second-order valence-corrected chi connectivity index (χ2v) is 12.6. The predicted octanol–water partition coefficient (Wildman–Crippen LogP) is 6.33. The monoisotopic (exact) mass is 553 g/mol. The van der Waals surface area contributed by atoms with Crippen molar-refractivity contribution < 1.29 is 19.0 Å². The van der Waals surface area contributed by atoms with Crippen LogP contribution in [0.5, 0.6) is 11.5 Å². The molecule has 0 atom stereocenters.